The average Bonchev–Trinajstić information content (AvgIpc) is 2.80. The van der Waals surface area contributed by atoms with Crippen molar-refractivity contribution in [1.82, 2.24) is 4.90 Å². The van der Waals surface area contributed by atoms with E-state index in [-0.39, 0.29) is 36.9 Å². The molecule has 1 amide bonds. The first-order valence-electron chi connectivity index (χ1n) is 13.0. The van der Waals surface area contributed by atoms with Crippen LogP contribution in [0.4, 0.5) is 0 Å². The molecule has 6 nitrogen and oxygen atoms in total. The van der Waals surface area contributed by atoms with Gasteiger partial charge in [-0.3, -0.25) is 4.79 Å². The molecule has 0 spiro atoms. The van der Waals surface area contributed by atoms with Crippen molar-refractivity contribution in [2.75, 3.05) is 26.9 Å². The number of methoxy groups -OCH3 is 1. The third-order valence-electron chi connectivity index (χ3n) is 10.2. The van der Waals surface area contributed by atoms with Crippen molar-refractivity contribution in [3.05, 3.63) is 0 Å². The van der Waals surface area contributed by atoms with Crippen molar-refractivity contribution in [3.63, 3.8) is 0 Å². The van der Waals surface area contributed by atoms with Gasteiger partial charge < -0.3 is 24.6 Å². The van der Waals surface area contributed by atoms with Crippen LogP contribution in [-0.2, 0) is 14.3 Å². The third kappa shape index (κ3) is 4.14. The van der Waals surface area contributed by atoms with Crippen LogP contribution < -0.4 is 0 Å². The van der Waals surface area contributed by atoms with Crippen molar-refractivity contribution in [1.29, 1.82) is 0 Å². The monoisotopic (exact) mass is 451 g/mol. The summed E-state index contributed by atoms with van der Waals surface area (Å²) in [6.45, 7) is 7.65. The van der Waals surface area contributed by atoms with Gasteiger partial charge in [0.15, 0.2) is 0 Å². The summed E-state index contributed by atoms with van der Waals surface area (Å²) in [6.07, 6.45) is 9.56. The second kappa shape index (κ2) is 9.52. The fraction of sp³-hybridized carbons (Fsp3) is 0.962. The zero-order valence-corrected chi connectivity index (χ0v) is 20.6. The highest BCUT2D eigenvalue weighted by atomic mass is 16.5. The number of piperidine rings is 1. The van der Waals surface area contributed by atoms with Crippen LogP contribution in [-0.4, -0.2) is 71.7 Å². The average molecular weight is 452 g/mol. The number of hydrogen-bond acceptors (Lipinski definition) is 5. The number of aliphatic hydroxyl groups is 2. The van der Waals surface area contributed by atoms with Crippen LogP contribution in [0.15, 0.2) is 0 Å². The maximum absolute atomic E-state index is 13.2. The molecule has 3 saturated carbocycles. The molecule has 3 aliphatic carbocycles. The molecule has 0 aromatic carbocycles. The van der Waals surface area contributed by atoms with E-state index in [0.29, 0.717) is 23.2 Å². The first-order chi connectivity index (χ1) is 15.2. The Morgan fingerprint density at radius 1 is 1.12 bits per heavy atom. The predicted molar refractivity (Wildman–Crippen MR) is 123 cm³/mol. The van der Waals surface area contributed by atoms with Gasteiger partial charge in [0, 0.05) is 19.2 Å². The second-order valence-electron chi connectivity index (χ2n) is 11.6. The molecule has 9 atom stereocenters. The van der Waals surface area contributed by atoms with E-state index in [1.54, 1.807) is 7.11 Å². The normalized spacial score (nSPS) is 43.6. The summed E-state index contributed by atoms with van der Waals surface area (Å²) in [6, 6.07) is 0. The smallest absolute Gasteiger partial charge is 0.251 e. The van der Waals surface area contributed by atoms with Crippen LogP contribution in [0.3, 0.4) is 0 Å². The number of aliphatic hydroxyl groups excluding tert-OH is 2. The molecule has 0 bridgehead atoms. The van der Waals surface area contributed by atoms with Crippen molar-refractivity contribution in [2.24, 2.45) is 29.1 Å². The number of amides is 1. The maximum Gasteiger partial charge on any atom is 0.251 e. The summed E-state index contributed by atoms with van der Waals surface area (Å²) < 4.78 is 11.4. The fourth-order valence-electron chi connectivity index (χ4n) is 8.24. The molecule has 1 aliphatic heterocycles. The lowest BCUT2D eigenvalue weighted by Crippen LogP contribution is -2.65. The highest BCUT2D eigenvalue weighted by molar-refractivity contribution is 5.81. The molecule has 0 aromatic rings. The molecular weight excluding hydrogens is 406 g/mol. The lowest BCUT2D eigenvalue weighted by atomic mass is 9.45. The Balaban J connectivity index is 1.47. The van der Waals surface area contributed by atoms with Gasteiger partial charge in [-0.1, -0.05) is 6.92 Å². The highest BCUT2D eigenvalue weighted by Crippen LogP contribution is 2.63. The van der Waals surface area contributed by atoms with Gasteiger partial charge in [0.2, 0.25) is 0 Å². The van der Waals surface area contributed by atoms with Crippen LogP contribution in [0, 0.1) is 29.1 Å². The van der Waals surface area contributed by atoms with Gasteiger partial charge in [-0.05, 0) is 101 Å². The number of carbonyl (C=O) groups is 1. The quantitative estimate of drug-likeness (QED) is 0.647. The fourth-order valence-corrected chi connectivity index (χ4v) is 8.24. The molecule has 0 aromatic heterocycles. The molecule has 1 saturated heterocycles. The predicted octanol–water partition coefficient (Wildman–Crippen LogP) is 3.38. The van der Waals surface area contributed by atoms with Gasteiger partial charge in [-0.15, -0.1) is 0 Å². The molecule has 2 unspecified atom stereocenters. The lowest BCUT2D eigenvalue weighted by molar-refractivity contribution is -0.175. The molecule has 4 fully saturated rings. The summed E-state index contributed by atoms with van der Waals surface area (Å²) in [5.41, 5.74) is 0.318. The van der Waals surface area contributed by atoms with Gasteiger partial charge in [-0.2, -0.15) is 0 Å². The first kappa shape index (κ1) is 24.4. The largest absolute Gasteiger partial charge is 0.394 e. The topological polar surface area (TPSA) is 79.2 Å². The Bertz CT molecular complexity index is 673. The lowest BCUT2D eigenvalue weighted by Gasteiger charge is -2.64. The molecule has 2 N–H and O–H groups in total. The second-order valence-corrected chi connectivity index (χ2v) is 11.6. The number of ether oxygens (including phenoxy) is 2. The molecule has 4 aliphatic rings. The van der Waals surface area contributed by atoms with Crippen molar-refractivity contribution < 1.29 is 24.5 Å². The summed E-state index contributed by atoms with van der Waals surface area (Å²) in [5.74, 6) is 2.87. The van der Waals surface area contributed by atoms with Crippen LogP contribution in [0.25, 0.3) is 0 Å². The van der Waals surface area contributed by atoms with E-state index in [9.17, 15) is 9.90 Å². The van der Waals surface area contributed by atoms with E-state index in [1.807, 2.05) is 6.92 Å². The number of hydrogen-bond donors (Lipinski definition) is 2. The Morgan fingerprint density at radius 3 is 2.62 bits per heavy atom. The minimum atomic E-state index is -0.771. The number of likely N-dealkylation sites (tertiary alicyclic amines) is 1. The molecule has 32 heavy (non-hydrogen) atoms. The molecule has 184 valence electrons. The van der Waals surface area contributed by atoms with Crippen LogP contribution in [0.2, 0.25) is 0 Å². The summed E-state index contributed by atoms with van der Waals surface area (Å²) in [7, 11) is 1.63. The van der Waals surface area contributed by atoms with Gasteiger partial charge in [-0.25, -0.2) is 0 Å². The highest BCUT2D eigenvalue weighted by Gasteiger charge is 2.59. The minimum Gasteiger partial charge on any atom is -0.394 e. The van der Waals surface area contributed by atoms with Crippen molar-refractivity contribution in [2.45, 2.75) is 102 Å². The Kier molecular flexibility index (Phi) is 7.27. The van der Waals surface area contributed by atoms with Gasteiger partial charge >= 0.3 is 0 Å². The molecule has 0 radical (unpaired) electrons. The number of fused-ring (bicyclic) bond motifs is 5. The molecule has 4 rings (SSSR count). The van der Waals surface area contributed by atoms with E-state index in [1.165, 1.54) is 32.1 Å². The molecule has 6 heteroatoms. The van der Waals surface area contributed by atoms with E-state index < -0.39 is 6.10 Å². The molecular formula is C26H45NO5. The number of nitrogens with zero attached hydrogens (tertiary/aromatic N) is 1. The number of rotatable bonds is 6. The summed E-state index contributed by atoms with van der Waals surface area (Å²) in [4.78, 5) is 15.4. The minimum absolute atomic E-state index is 0.0345. The maximum atomic E-state index is 13.2. The first-order valence-corrected chi connectivity index (χ1v) is 13.0. The van der Waals surface area contributed by atoms with Gasteiger partial charge in [0.05, 0.1) is 19.3 Å². The third-order valence-corrected chi connectivity index (χ3v) is 10.2. The van der Waals surface area contributed by atoms with E-state index >= 15 is 0 Å². The number of carbonyl (C=O) groups excluding carboxylic acids is 1. The zero-order chi connectivity index (χ0) is 23.1. The van der Waals surface area contributed by atoms with Gasteiger partial charge in [0.25, 0.3) is 5.91 Å². The summed E-state index contributed by atoms with van der Waals surface area (Å²) in [5, 5.41) is 18.7. The Hall–Kier alpha value is -0.690. The van der Waals surface area contributed by atoms with Crippen LogP contribution >= 0.6 is 0 Å². The Morgan fingerprint density at radius 2 is 1.91 bits per heavy atom. The Labute approximate surface area is 194 Å². The molecule has 1 heterocycles. The summed E-state index contributed by atoms with van der Waals surface area (Å²) >= 11 is 0. The standard InChI is InChI=1S/C26H45NO5/c1-17(31-4)24(30)27-13-5-6-23-21-8-7-18-14-20(32-16-19(29)15-28)9-11-25(18,2)22(21)10-12-26(23,27)3/h17-23,28-29H,5-16H2,1-4H3/t17?,18?,19-,20+,21+,22+,23+,25+,26+/m1/s1. The van der Waals surface area contributed by atoms with Crippen molar-refractivity contribution in [3.8, 4) is 0 Å². The van der Waals surface area contributed by atoms with E-state index in [4.69, 9.17) is 14.6 Å². The van der Waals surface area contributed by atoms with Crippen molar-refractivity contribution >= 4 is 5.91 Å². The van der Waals surface area contributed by atoms with Gasteiger partial charge in [0.1, 0.15) is 12.2 Å². The van der Waals surface area contributed by atoms with Crippen LogP contribution in [0.5, 0.6) is 0 Å². The van der Waals surface area contributed by atoms with Crippen LogP contribution in [0.1, 0.15) is 78.6 Å². The zero-order valence-electron chi connectivity index (χ0n) is 20.6. The SMILES string of the molecule is COC(C)C(=O)N1CCC[C@H]2[C@H]3CCC4C[C@@H](OC[C@H](O)CO)CC[C@]4(C)[C@H]3CC[C@@]21C. The van der Waals surface area contributed by atoms with E-state index in [2.05, 4.69) is 18.7 Å². The van der Waals surface area contributed by atoms with E-state index in [0.717, 1.165) is 38.1 Å².